The summed E-state index contributed by atoms with van der Waals surface area (Å²) in [5.74, 6) is 0.720. The molecule has 0 atom stereocenters. The second-order valence-corrected chi connectivity index (χ2v) is 9.03. The van der Waals surface area contributed by atoms with E-state index in [-0.39, 0.29) is 16.7 Å². The number of hydrogen-bond acceptors (Lipinski definition) is 6. The Morgan fingerprint density at radius 2 is 1.66 bits per heavy atom. The fourth-order valence-corrected chi connectivity index (χ4v) is 5.10. The molecule has 4 rings (SSSR count). The predicted octanol–water partition coefficient (Wildman–Crippen LogP) is 2.86. The molecule has 29 heavy (non-hydrogen) atoms. The fraction of sp³-hybridized carbons (Fsp3) is 0.727. The van der Waals surface area contributed by atoms with Crippen molar-refractivity contribution in [1.29, 1.82) is 0 Å². The van der Waals surface area contributed by atoms with Gasteiger partial charge in [-0.05, 0) is 69.2 Å². The minimum Gasteiger partial charge on any atom is -0.393 e. The Morgan fingerprint density at radius 1 is 0.966 bits per heavy atom. The lowest BCUT2D eigenvalue weighted by atomic mass is 9.95. The monoisotopic (exact) mass is 402 g/mol. The van der Waals surface area contributed by atoms with Crippen LogP contribution in [0.5, 0.6) is 0 Å². The number of hydrogen-bond donors (Lipinski definition) is 1. The number of rotatable bonds is 6. The molecule has 1 N–H and O–H groups in total. The summed E-state index contributed by atoms with van der Waals surface area (Å²) >= 11 is 0. The minimum atomic E-state index is -0.227. The quantitative estimate of drug-likeness (QED) is 0.583. The molecule has 0 unspecified atom stereocenters. The van der Waals surface area contributed by atoms with Gasteiger partial charge in [-0.1, -0.05) is 6.07 Å². The standard InChI is InChI=1S/C22H34N4O3/c27-20-7-11-24(12-8-20)17-19-3-4-21(22(15-19)26(28)29)25-13-5-18(6-14-25)16-23-9-1-2-10-23/h3-4,15,18,20,27H,1-2,5-14,16-17H2. The van der Waals surface area contributed by atoms with Gasteiger partial charge >= 0.3 is 0 Å². The van der Waals surface area contributed by atoms with Crippen LogP contribution in [0.15, 0.2) is 18.2 Å². The van der Waals surface area contributed by atoms with E-state index < -0.39 is 0 Å². The molecule has 0 saturated carbocycles. The van der Waals surface area contributed by atoms with E-state index >= 15 is 0 Å². The number of aliphatic hydroxyl groups is 1. The van der Waals surface area contributed by atoms with Crippen LogP contribution in [-0.4, -0.2) is 71.7 Å². The van der Waals surface area contributed by atoms with Crippen molar-refractivity contribution in [2.45, 2.75) is 51.2 Å². The summed E-state index contributed by atoms with van der Waals surface area (Å²) in [5, 5.41) is 21.4. The van der Waals surface area contributed by atoms with Crippen molar-refractivity contribution in [3.05, 3.63) is 33.9 Å². The lowest BCUT2D eigenvalue weighted by Crippen LogP contribution is -2.38. The molecular weight excluding hydrogens is 368 g/mol. The summed E-state index contributed by atoms with van der Waals surface area (Å²) in [6.45, 7) is 7.89. The van der Waals surface area contributed by atoms with Gasteiger partial charge in [-0.3, -0.25) is 15.0 Å². The first-order valence-corrected chi connectivity index (χ1v) is 11.2. The molecule has 0 amide bonds. The van der Waals surface area contributed by atoms with Crippen LogP contribution in [0.2, 0.25) is 0 Å². The van der Waals surface area contributed by atoms with E-state index in [1.807, 2.05) is 12.1 Å². The number of benzene rings is 1. The molecule has 7 nitrogen and oxygen atoms in total. The number of nitro benzene ring substituents is 1. The summed E-state index contributed by atoms with van der Waals surface area (Å²) < 4.78 is 0. The highest BCUT2D eigenvalue weighted by Crippen LogP contribution is 2.33. The Morgan fingerprint density at radius 3 is 2.31 bits per heavy atom. The molecule has 0 aromatic heterocycles. The zero-order chi connectivity index (χ0) is 20.2. The Kier molecular flexibility index (Phi) is 6.67. The van der Waals surface area contributed by atoms with Gasteiger partial charge in [0.1, 0.15) is 5.69 Å². The van der Waals surface area contributed by atoms with Gasteiger partial charge in [0.15, 0.2) is 0 Å². The van der Waals surface area contributed by atoms with Crippen molar-refractivity contribution in [3.8, 4) is 0 Å². The van der Waals surface area contributed by atoms with Crippen LogP contribution in [0.25, 0.3) is 0 Å². The molecule has 3 fully saturated rings. The molecule has 1 aromatic carbocycles. The van der Waals surface area contributed by atoms with Crippen molar-refractivity contribution < 1.29 is 10.0 Å². The van der Waals surface area contributed by atoms with E-state index in [0.29, 0.717) is 6.54 Å². The average molecular weight is 403 g/mol. The van der Waals surface area contributed by atoms with E-state index in [4.69, 9.17) is 0 Å². The zero-order valence-corrected chi connectivity index (χ0v) is 17.3. The largest absolute Gasteiger partial charge is 0.393 e. The topological polar surface area (TPSA) is 73.1 Å². The van der Waals surface area contributed by atoms with Crippen molar-refractivity contribution in [2.24, 2.45) is 5.92 Å². The number of nitro groups is 1. The van der Waals surface area contributed by atoms with Gasteiger partial charge < -0.3 is 14.9 Å². The molecule has 7 heteroatoms. The molecule has 0 radical (unpaired) electrons. The first-order chi connectivity index (χ1) is 14.1. The van der Waals surface area contributed by atoms with E-state index in [1.54, 1.807) is 6.07 Å². The maximum atomic E-state index is 11.8. The molecule has 3 saturated heterocycles. The van der Waals surface area contributed by atoms with Crippen molar-refractivity contribution in [3.63, 3.8) is 0 Å². The average Bonchev–Trinajstić information content (AvgIpc) is 3.23. The summed E-state index contributed by atoms with van der Waals surface area (Å²) in [4.78, 5) is 18.6. The van der Waals surface area contributed by atoms with E-state index in [1.165, 1.54) is 32.5 Å². The van der Waals surface area contributed by atoms with Crippen LogP contribution in [0, 0.1) is 16.0 Å². The van der Waals surface area contributed by atoms with Crippen LogP contribution in [-0.2, 0) is 6.54 Å². The molecular formula is C22H34N4O3. The predicted molar refractivity (Wildman–Crippen MR) is 114 cm³/mol. The third-order valence-electron chi connectivity index (χ3n) is 6.87. The van der Waals surface area contributed by atoms with Crippen LogP contribution in [0.1, 0.15) is 44.1 Å². The van der Waals surface area contributed by atoms with Gasteiger partial charge in [0.2, 0.25) is 0 Å². The second kappa shape index (κ2) is 9.41. The Labute approximate surface area is 173 Å². The molecule has 3 aliphatic heterocycles. The van der Waals surface area contributed by atoms with Crippen molar-refractivity contribution in [1.82, 2.24) is 9.80 Å². The molecule has 0 aliphatic carbocycles. The van der Waals surface area contributed by atoms with Gasteiger partial charge in [0.25, 0.3) is 5.69 Å². The van der Waals surface area contributed by atoms with Gasteiger partial charge in [-0.2, -0.15) is 0 Å². The van der Waals surface area contributed by atoms with Gasteiger partial charge in [0.05, 0.1) is 11.0 Å². The second-order valence-electron chi connectivity index (χ2n) is 9.03. The minimum absolute atomic E-state index is 0.198. The van der Waals surface area contributed by atoms with E-state index in [9.17, 15) is 15.2 Å². The van der Waals surface area contributed by atoms with Gasteiger partial charge in [-0.25, -0.2) is 0 Å². The first kappa shape index (κ1) is 20.6. The van der Waals surface area contributed by atoms with Crippen molar-refractivity contribution >= 4 is 11.4 Å². The number of anilines is 1. The summed E-state index contributed by atoms with van der Waals surface area (Å²) in [5.41, 5.74) is 1.99. The number of likely N-dealkylation sites (tertiary alicyclic amines) is 2. The Hall–Kier alpha value is -1.70. The Balaban J connectivity index is 1.37. The molecule has 0 spiro atoms. The highest BCUT2D eigenvalue weighted by atomic mass is 16.6. The van der Waals surface area contributed by atoms with Gasteiger partial charge in [0, 0.05) is 45.3 Å². The number of aliphatic hydroxyl groups excluding tert-OH is 1. The van der Waals surface area contributed by atoms with E-state index in [0.717, 1.165) is 69.0 Å². The third-order valence-corrected chi connectivity index (χ3v) is 6.87. The van der Waals surface area contributed by atoms with E-state index in [2.05, 4.69) is 14.7 Å². The lowest BCUT2D eigenvalue weighted by molar-refractivity contribution is -0.384. The van der Waals surface area contributed by atoms with Crippen molar-refractivity contribution in [2.75, 3.05) is 50.7 Å². The third kappa shape index (κ3) is 5.27. The van der Waals surface area contributed by atoms with Crippen LogP contribution >= 0.6 is 0 Å². The zero-order valence-electron chi connectivity index (χ0n) is 17.3. The molecule has 160 valence electrons. The highest BCUT2D eigenvalue weighted by molar-refractivity contribution is 5.64. The first-order valence-electron chi connectivity index (χ1n) is 11.2. The molecule has 3 heterocycles. The smallest absolute Gasteiger partial charge is 0.292 e. The number of piperidine rings is 2. The maximum Gasteiger partial charge on any atom is 0.292 e. The van der Waals surface area contributed by atoms with Crippen LogP contribution in [0.4, 0.5) is 11.4 Å². The normalized spacial score (nSPS) is 23.0. The Bertz CT molecular complexity index is 691. The maximum absolute atomic E-state index is 11.8. The lowest BCUT2D eigenvalue weighted by Gasteiger charge is -2.35. The van der Waals surface area contributed by atoms with Crippen LogP contribution in [0.3, 0.4) is 0 Å². The SMILES string of the molecule is O=[N+]([O-])c1cc(CN2CCC(O)CC2)ccc1N1CCC(CN2CCCC2)CC1. The summed E-state index contributed by atoms with van der Waals surface area (Å²) in [6, 6.07) is 5.76. The fourth-order valence-electron chi connectivity index (χ4n) is 5.10. The molecule has 3 aliphatic rings. The highest BCUT2D eigenvalue weighted by Gasteiger charge is 2.27. The van der Waals surface area contributed by atoms with Gasteiger partial charge in [-0.15, -0.1) is 0 Å². The number of nitrogens with zero attached hydrogens (tertiary/aromatic N) is 4. The summed E-state index contributed by atoms with van der Waals surface area (Å²) in [6.07, 6.45) is 6.26. The van der Waals surface area contributed by atoms with Crippen LogP contribution < -0.4 is 4.90 Å². The summed E-state index contributed by atoms with van der Waals surface area (Å²) in [7, 11) is 0. The molecule has 1 aromatic rings. The molecule has 0 bridgehead atoms.